The van der Waals surface area contributed by atoms with Crippen molar-refractivity contribution >= 4 is 34.2 Å². The van der Waals surface area contributed by atoms with E-state index in [2.05, 4.69) is 17.2 Å². The van der Waals surface area contributed by atoms with Crippen molar-refractivity contribution in [2.24, 2.45) is 4.99 Å². The fourth-order valence-electron chi connectivity index (χ4n) is 1.01. The Bertz CT molecular complexity index is 322. The highest BCUT2D eigenvalue weighted by atomic mass is 35.5. The Hall–Kier alpha value is -0.670. The van der Waals surface area contributed by atoms with Crippen LogP contribution in [0.25, 0.3) is 0 Å². The fourth-order valence-corrected chi connectivity index (χ4v) is 1.85. The van der Waals surface area contributed by atoms with Gasteiger partial charge in [0.2, 0.25) is 0 Å². The van der Waals surface area contributed by atoms with Gasteiger partial charge in [-0.1, -0.05) is 30.3 Å². The van der Waals surface area contributed by atoms with Crippen molar-refractivity contribution in [3.8, 4) is 0 Å². The topological polar surface area (TPSA) is 24.4 Å². The molecule has 2 nitrogen and oxygen atoms in total. The molecule has 0 aliphatic heterocycles. The first kappa shape index (κ1) is 12.4. The van der Waals surface area contributed by atoms with E-state index in [9.17, 15) is 0 Å². The first-order valence-electron chi connectivity index (χ1n) is 4.88. The van der Waals surface area contributed by atoms with Crippen LogP contribution in [0.3, 0.4) is 0 Å². The van der Waals surface area contributed by atoms with Gasteiger partial charge in [-0.15, -0.1) is 0 Å². The molecule has 0 saturated heterocycles. The summed E-state index contributed by atoms with van der Waals surface area (Å²) < 4.78 is 0. The van der Waals surface area contributed by atoms with Crippen molar-refractivity contribution in [3.05, 3.63) is 29.3 Å². The molecule has 1 rings (SSSR count). The summed E-state index contributed by atoms with van der Waals surface area (Å²) in [5.74, 6) is 1.08. The van der Waals surface area contributed by atoms with Gasteiger partial charge in [0.25, 0.3) is 0 Å². The van der Waals surface area contributed by atoms with Gasteiger partial charge in [-0.05, 0) is 30.7 Å². The van der Waals surface area contributed by atoms with E-state index in [0.29, 0.717) is 0 Å². The maximum Gasteiger partial charge on any atom is 0.160 e. The molecular formula is C11H15ClN2S. The molecule has 15 heavy (non-hydrogen) atoms. The molecule has 0 fully saturated rings. The highest BCUT2D eigenvalue weighted by molar-refractivity contribution is 8.14. The number of thioether (sulfide) groups is 1. The van der Waals surface area contributed by atoms with Crippen molar-refractivity contribution < 1.29 is 0 Å². The SMILES string of the molecule is CCCSC(=NC)Nc1ccc(Cl)cc1. The van der Waals surface area contributed by atoms with Crippen LogP contribution in [0.5, 0.6) is 0 Å². The zero-order valence-electron chi connectivity index (χ0n) is 8.96. The predicted molar refractivity (Wildman–Crippen MR) is 71.2 cm³/mol. The number of anilines is 1. The number of nitrogens with zero attached hydrogens (tertiary/aromatic N) is 1. The van der Waals surface area contributed by atoms with E-state index in [0.717, 1.165) is 28.1 Å². The first-order valence-corrected chi connectivity index (χ1v) is 6.24. The largest absolute Gasteiger partial charge is 0.335 e. The zero-order valence-corrected chi connectivity index (χ0v) is 10.5. The molecule has 0 atom stereocenters. The van der Waals surface area contributed by atoms with Gasteiger partial charge in [-0.25, -0.2) is 0 Å². The van der Waals surface area contributed by atoms with Crippen LogP contribution in [0, 0.1) is 0 Å². The first-order chi connectivity index (χ1) is 7.26. The summed E-state index contributed by atoms with van der Waals surface area (Å²) in [5.41, 5.74) is 1.02. The Kier molecular flexibility index (Phi) is 5.58. The summed E-state index contributed by atoms with van der Waals surface area (Å²) in [6, 6.07) is 7.61. The van der Waals surface area contributed by atoms with Crippen LogP contribution in [0.4, 0.5) is 5.69 Å². The molecular weight excluding hydrogens is 228 g/mol. The van der Waals surface area contributed by atoms with E-state index in [1.165, 1.54) is 0 Å². The molecule has 1 aromatic carbocycles. The Labute approximate surface area is 100 Å². The zero-order chi connectivity index (χ0) is 11.1. The summed E-state index contributed by atoms with van der Waals surface area (Å²) in [4.78, 5) is 4.18. The maximum absolute atomic E-state index is 5.80. The van der Waals surface area contributed by atoms with Gasteiger partial charge in [-0.2, -0.15) is 0 Å². The van der Waals surface area contributed by atoms with E-state index >= 15 is 0 Å². The quantitative estimate of drug-likeness (QED) is 0.643. The van der Waals surface area contributed by atoms with Gasteiger partial charge in [-0.3, -0.25) is 4.99 Å². The molecule has 0 unspecified atom stereocenters. The summed E-state index contributed by atoms with van der Waals surface area (Å²) >= 11 is 7.53. The highest BCUT2D eigenvalue weighted by Crippen LogP contribution is 2.15. The van der Waals surface area contributed by atoms with Crippen LogP contribution in [-0.4, -0.2) is 18.0 Å². The minimum absolute atomic E-state index is 0.747. The van der Waals surface area contributed by atoms with E-state index < -0.39 is 0 Å². The molecule has 1 aromatic rings. The van der Waals surface area contributed by atoms with Gasteiger partial charge >= 0.3 is 0 Å². The van der Waals surface area contributed by atoms with Gasteiger partial charge in [0.05, 0.1) is 0 Å². The van der Waals surface area contributed by atoms with Crippen molar-refractivity contribution in [3.63, 3.8) is 0 Å². The summed E-state index contributed by atoms with van der Waals surface area (Å²) in [6.45, 7) is 2.16. The van der Waals surface area contributed by atoms with E-state index in [-0.39, 0.29) is 0 Å². The van der Waals surface area contributed by atoms with Gasteiger partial charge in [0.1, 0.15) is 0 Å². The third kappa shape index (κ3) is 4.58. The molecule has 0 amide bonds. The number of rotatable bonds is 3. The van der Waals surface area contributed by atoms with Crippen LogP contribution < -0.4 is 5.32 Å². The molecule has 0 radical (unpaired) electrons. The lowest BCUT2D eigenvalue weighted by Gasteiger charge is -2.08. The lowest BCUT2D eigenvalue weighted by Crippen LogP contribution is -2.08. The maximum atomic E-state index is 5.80. The minimum atomic E-state index is 0.747. The monoisotopic (exact) mass is 242 g/mol. The molecule has 0 saturated carbocycles. The molecule has 82 valence electrons. The van der Waals surface area contributed by atoms with Crippen molar-refractivity contribution in [2.45, 2.75) is 13.3 Å². The highest BCUT2D eigenvalue weighted by Gasteiger charge is 1.99. The second-order valence-corrected chi connectivity index (χ2v) is 4.53. The molecule has 0 aliphatic carbocycles. The number of halogens is 1. The lowest BCUT2D eigenvalue weighted by molar-refractivity contribution is 1.11. The second-order valence-electron chi connectivity index (χ2n) is 3.01. The average molecular weight is 243 g/mol. The summed E-state index contributed by atoms with van der Waals surface area (Å²) in [5, 5.41) is 4.94. The molecule has 4 heteroatoms. The number of nitrogens with one attached hydrogen (secondary N) is 1. The van der Waals surface area contributed by atoms with Crippen molar-refractivity contribution in [1.29, 1.82) is 0 Å². The Morgan fingerprint density at radius 2 is 2.07 bits per heavy atom. The molecule has 0 aromatic heterocycles. The van der Waals surface area contributed by atoms with Gasteiger partial charge in [0.15, 0.2) is 5.17 Å². The average Bonchev–Trinajstić information content (AvgIpc) is 2.27. The van der Waals surface area contributed by atoms with E-state index in [1.54, 1.807) is 18.8 Å². The Balaban J connectivity index is 2.55. The number of amidine groups is 1. The number of hydrogen-bond donors (Lipinski definition) is 1. The molecule has 0 aliphatic rings. The number of aliphatic imine (C=N–C) groups is 1. The smallest absolute Gasteiger partial charge is 0.160 e. The molecule has 0 heterocycles. The fraction of sp³-hybridized carbons (Fsp3) is 0.364. The number of hydrogen-bond acceptors (Lipinski definition) is 2. The van der Waals surface area contributed by atoms with Crippen LogP contribution in [0.1, 0.15) is 13.3 Å². The molecule has 0 bridgehead atoms. The number of benzene rings is 1. The standard InChI is InChI=1S/C11H15ClN2S/c1-3-8-15-11(13-2)14-10-6-4-9(12)5-7-10/h4-7H,3,8H2,1-2H3,(H,13,14). The van der Waals surface area contributed by atoms with Crippen LogP contribution in [-0.2, 0) is 0 Å². The van der Waals surface area contributed by atoms with Crippen molar-refractivity contribution in [1.82, 2.24) is 0 Å². The summed E-state index contributed by atoms with van der Waals surface area (Å²) in [6.07, 6.45) is 1.14. The minimum Gasteiger partial charge on any atom is -0.335 e. The lowest BCUT2D eigenvalue weighted by atomic mass is 10.3. The summed E-state index contributed by atoms with van der Waals surface area (Å²) in [7, 11) is 1.79. The van der Waals surface area contributed by atoms with Crippen LogP contribution >= 0.6 is 23.4 Å². The molecule has 1 N–H and O–H groups in total. The Morgan fingerprint density at radius 1 is 1.40 bits per heavy atom. The second kappa shape index (κ2) is 6.75. The molecule has 0 spiro atoms. The predicted octanol–water partition coefficient (Wildman–Crippen LogP) is 3.88. The van der Waals surface area contributed by atoms with Crippen molar-refractivity contribution in [2.75, 3.05) is 18.1 Å². The van der Waals surface area contributed by atoms with Crippen LogP contribution in [0.15, 0.2) is 29.3 Å². The Morgan fingerprint density at radius 3 is 2.60 bits per heavy atom. The van der Waals surface area contributed by atoms with Crippen LogP contribution in [0.2, 0.25) is 5.02 Å². The third-order valence-electron chi connectivity index (χ3n) is 1.74. The normalized spacial score (nSPS) is 11.5. The van der Waals surface area contributed by atoms with Gasteiger partial charge < -0.3 is 5.32 Å². The van der Waals surface area contributed by atoms with Gasteiger partial charge in [0, 0.05) is 23.5 Å². The van der Waals surface area contributed by atoms with E-state index in [1.807, 2.05) is 24.3 Å². The van der Waals surface area contributed by atoms with E-state index in [4.69, 9.17) is 11.6 Å². The third-order valence-corrected chi connectivity index (χ3v) is 3.16.